The highest BCUT2D eigenvalue weighted by Gasteiger charge is 2.25. The van der Waals surface area contributed by atoms with Crippen molar-refractivity contribution in [1.82, 2.24) is 0 Å². The van der Waals surface area contributed by atoms with E-state index in [-0.39, 0.29) is 0 Å². The predicted molar refractivity (Wildman–Crippen MR) is 64.0 cm³/mol. The van der Waals surface area contributed by atoms with Gasteiger partial charge in [0.2, 0.25) is 0 Å². The van der Waals surface area contributed by atoms with Gasteiger partial charge in [0.1, 0.15) is 6.10 Å². The summed E-state index contributed by atoms with van der Waals surface area (Å²) in [5, 5.41) is 11.1. The Hall–Kier alpha value is -0.610. The van der Waals surface area contributed by atoms with Crippen LogP contribution in [0, 0.1) is 5.92 Å². The van der Waals surface area contributed by atoms with Crippen LogP contribution in [0.1, 0.15) is 60.3 Å². The molecule has 0 amide bonds. The monoisotopic (exact) mass is 245 g/mol. The van der Waals surface area contributed by atoms with Crippen LogP contribution in [0.2, 0.25) is 0 Å². The molecule has 0 radical (unpaired) electrons. The third kappa shape index (κ3) is 7.34. The van der Waals surface area contributed by atoms with Crippen molar-refractivity contribution in [1.29, 1.82) is 0 Å². The Labute approximate surface area is 104 Å². The summed E-state index contributed by atoms with van der Waals surface area (Å²) in [5.41, 5.74) is -0.436. The summed E-state index contributed by atoms with van der Waals surface area (Å²) >= 11 is 0. The average Bonchev–Trinajstić information content (AvgIpc) is 2.19. The van der Waals surface area contributed by atoms with E-state index in [1.54, 1.807) is 0 Å². The predicted octanol–water partition coefficient (Wildman–Crippen LogP) is 2.07. The minimum Gasteiger partial charge on any atom is -0.550 e. The molecule has 0 spiro atoms. The van der Waals surface area contributed by atoms with Crippen molar-refractivity contribution in [3.8, 4) is 0 Å². The summed E-state index contributed by atoms with van der Waals surface area (Å²) in [7, 11) is 0. The Bertz CT molecular complexity index is 220. The largest absolute Gasteiger partial charge is 0.550 e. The fourth-order valence-corrected chi connectivity index (χ4v) is 1.57. The Morgan fingerprint density at radius 1 is 1.18 bits per heavy atom. The van der Waals surface area contributed by atoms with E-state index in [0.717, 1.165) is 12.8 Å². The lowest BCUT2D eigenvalue weighted by Gasteiger charge is -2.29. The molecule has 17 heavy (non-hydrogen) atoms. The molecule has 0 rings (SSSR count). The van der Waals surface area contributed by atoms with Gasteiger partial charge >= 0.3 is 0 Å². The lowest BCUT2D eigenvalue weighted by molar-refractivity contribution is -0.387. The van der Waals surface area contributed by atoms with Crippen molar-refractivity contribution < 1.29 is 19.7 Å². The van der Waals surface area contributed by atoms with Gasteiger partial charge < -0.3 is 9.90 Å². The molecule has 0 aromatic carbocycles. The van der Waals surface area contributed by atoms with Gasteiger partial charge in [-0.15, -0.1) is 0 Å². The van der Waals surface area contributed by atoms with Gasteiger partial charge in [-0.05, 0) is 33.6 Å². The number of rotatable bonds is 8. The van der Waals surface area contributed by atoms with E-state index in [4.69, 9.17) is 9.78 Å². The highest BCUT2D eigenvalue weighted by atomic mass is 17.2. The number of hydrogen-bond acceptors (Lipinski definition) is 4. The van der Waals surface area contributed by atoms with Gasteiger partial charge in [0.15, 0.2) is 0 Å². The number of carbonyl (C=O) groups is 1. The molecule has 4 heteroatoms. The first-order valence-electron chi connectivity index (χ1n) is 6.37. The minimum atomic E-state index is -1.05. The molecule has 0 fully saturated rings. The normalized spacial score (nSPS) is 15.6. The van der Waals surface area contributed by atoms with Gasteiger partial charge in [-0.1, -0.05) is 26.7 Å². The molecule has 0 aromatic rings. The molecule has 2 unspecified atom stereocenters. The third-order valence-corrected chi connectivity index (χ3v) is 2.35. The van der Waals surface area contributed by atoms with Gasteiger partial charge in [-0.2, -0.15) is 0 Å². The summed E-state index contributed by atoms with van der Waals surface area (Å²) in [5.74, 6) is -1.65. The van der Waals surface area contributed by atoms with Crippen LogP contribution in [0.25, 0.3) is 0 Å². The summed E-state index contributed by atoms with van der Waals surface area (Å²) in [6.07, 6.45) is 2.43. The molecule has 0 saturated heterocycles. The molecule has 0 heterocycles. The van der Waals surface area contributed by atoms with Gasteiger partial charge in [0, 0.05) is 11.9 Å². The molecule has 4 nitrogen and oxygen atoms in total. The van der Waals surface area contributed by atoms with E-state index < -0.39 is 23.6 Å². The van der Waals surface area contributed by atoms with E-state index in [2.05, 4.69) is 0 Å². The number of carboxylic acid groups (broad SMARTS) is 1. The SMILES string of the molecule is CCCC(OOC(C)(C)C)C(CCC)C(=O)[O-]. The van der Waals surface area contributed by atoms with Crippen molar-refractivity contribution in [3.63, 3.8) is 0 Å². The Morgan fingerprint density at radius 2 is 1.71 bits per heavy atom. The second-order valence-corrected chi connectivity index (χ2v) is 5.33. The zero-order chi connectivity index (χ0) is 13.5. The van der Waals surface area contributed by atoms with Crippen LogP contribution in [-0.4, -0.2) is 17.7 Å². The standard InChI is InChI=1S/C13H26O4/c1-6-8-10(12(14)15)11(9-7-2)16-17-13(3,4)5/h10-11H,6-9H2,1-5H3,(H,14,15)/p-1. The Balaban J connectivity index is 4.50. The highest BCUT2D eigenvalue weighted by molar-refractivity contribution is 5.68. The van der Waals surface area contributed by atoms with Crippen LogP contribution in [0.15, 0.2) is 0 Å². The van der Waals surface area contributed by atoms with Crippen LogP contribution in [0.4, 0.5) is 0 Å². The fraction of sp³-hybridized carbons (Fsp3) is 0.923. The van der Waals surface area contributed by atoms with E-state index in [1.165, 1.54) is 0 Å². The molecule has 0 saturated carbocycles. The van der Waals surface area contributed by atoms with Crippen LogP contribution >= 0.6 is 0 Å². The third-order valence-electron chi connectivity index (χ3n) is 2.35. The topological polar surface area (TPSA) is 58.6 Å². The van der Waals surface area contributed by atoms with E-state index in [9.17, 15) is 9.90 Å². The molecular weight excluding hydrogens is 220 g/mol. The summed E-state index contributed by atoms with van der Waals surface area (Å²) in [4.78, 5) is 21.6. The van der Waals surface area contributed by atoms with Crippen molar-refractivity contribution >= 4 is 5.97 Å². The van der Waals surface area contributed by atoms with Crippen molar-refractivity contribution in [2.75, 3.05) is 0 Å². The van der Waals surface area contributed by atoms with Crippen molar-refractivity contribution in [2.45, 2.75) is 72.0 Å². The van der Waals surface area contributed by atoms with E-state index >= 15 is 0 Å². The second-order valence-electron chi connectivity index (χ2n) is 5.33. The molecule has 102 valence electrons. The number of hydrogen-bond donors (Lipinski definition) is 0. The van der Waals surface area contributed by atoms with Crippen molar-refractivity contribution in [2.24, 2.45) is 5.92 Å². The molecule has 0 N–H and O–H groups in total. The van der Waals surface area contributed by atoms with Crippen LogP contribution in [0.5, 0.6) is 0 Å². The lowest BCUT2D eigenvalue weighted by Crippen LogP contribution is -2.41. The molecule has 0 aliphatic heterocycles. The summed E-state index contributed by atoms with van der Waals surface area (Å²) < 4.78 is 0. The quantitative estimate of drug-likeness (QED) is 0.485. The average molecular weight is 245 g/mol. The summed E-state index contributed by atoms with van der Waals surface area (Å²) in [6, 6.07) is 0. The van der Waals surface area contributed by atoms with E-state index in [1.807, 2.05) is 34.6 Å². The second kappa shape index (κ2) is 7.67. The zero-order valence-corrected chi connectivity index (χ0v) is 11.6. The molecular formula is C13H25O4-. The Morgan fingerprint density at radius 3 is 2.06 bits per heavy atom. The smallest absolute Gasteiger partial charge is 0.101 e. The molecule has 0 bridgehead atoms. The lowest BCUT2D eigenvalue weighted by atomic mass is 9.94. The highest BCUT2D eigenvalue weighted by Crippen LogP contribution is 2.21. The maximum Gasteiger partial charge on any atom is 0.101 e. The van der Waals surface area contributed by atoms with Gasteiger partial charge in [0.05, 0.1) is 5.60 Å². The maximum atomic E-state index is 11.1. The van der Waals surface area contributed by atoms with Crippen LogP contribution in [0.3, 0.4) is 0 Å². The van der Waals surface area contributed by atoms with Gasteiger partial charge in [-0.3, -0.25) is 0 Å². The zero-order valence-electron chi connectivity index (χ0n) is 11.6. The molecule has 0 aliphatic carbocycles. The van der Waals surface area contributed by atoms with Crippen LogP contribution in [-0.2, 0) is 14.6 Å². The van der Waals surface area contributed by atoms with Crippen molar-refractivity contribution in [3.05, 3.63) is 0 Å². The fourth-order valence-electron chi connectivity index (χ4n) is 1.57. The number of aliphatic carboxylic acids is 1. The number of carboxylic acids is 1. The van der Waals surface area contributed by atoms with Gasteiger partial charge in [-0.25, -0.2) is 9.78 Å². The molecule has 0 aromatic heterocycles. The summed E-state index contributed by atoms with van der Waals surface area (Å²) in [6.45, 7) is 9.53. The van der Waals surface area contributed by atoms with E-state index in [0.29, 0.717) is 12.8 Å². The minimum absolute atomic E-state index is 0.427. The number of carbonyl (C=O) groups excluding carboxylic acids is 1. The van der Waals surface area contributed by atoms with Gasteiger partial charge in [0.25, 0.3) is 0 Å². The molecule has 0 aliphatic rings. The first kappa shape index (κ1) is 16.4. The maximum absolute atomic E-state index is 11.1. The van der Waals surface area contributed by atoms with Crippen LogP contribution < -0.4 is 5.11 Å². The first-order valence-corrected chi connectivity index (χ1v) is 6.37. The Kier molecular flexibility index (Phi) is 7.39. The molecule has 2 atom stereocenters. The first-order chi connectivity index (χ1) is 7.81.